The number of amides is 3. The number of ether oxygens (including phenoxy) is 3. The highest BCUT2D eigenvalue weighted by Crippen LogP contribution is 2.41. The number of aryl methyl sites for hydroxylation is 1. The number of halogens is 2. The molecule has 0 saturated carbocycles. The monoisotopic (exact) mass is 857 g/mol. The third kappa shape index (κ3) is 9.41. The first-order valence-corrected chi connectivity index (χ1v) is 20.4. The van der Waals surface area contributed by atoms with Crippen molar-refractivity contribution in [3.05, 3.63) is 165 Å². The summed E-state index contributed by atoms with van der Waals surface area (Å²) in [7, 11) is 0. The van der Waals surface area contributed by atoms with E-state index in [1.54, 1.807) is 42.7 Å². The molecule has 2 aromatic heterocycles. The van der Waals surface area contributed by atoms with Gasteiger partial charge in [-0.3, -0.25) is 15.1 Å². The lowest BCUT2D eigenvalue weighted by molar-refractivity contribution is -0.142. The van der Waals surface area contributed by atoms with Gasteiger partial charge in [0.15, 0.2) is 17.6 Å². The highest BCUT2D eigenvalue weighted by molar-refractivity contribution is 6.42. The molecule has 3 atom stereocenters. The average Bonchev–Trinajstić information content (AvgIpc) is 3.27. The van der Waals surface area contributed by atoms with Crippen LogP contribution in [0.2, 0.25) is 10.0 Å². The number of fused-ring (bicyclic) bond motifs is 2. The molecule has 0 radical (unpaired) electrons. The molecule has 2 aliphatic heterocycles. The lowest BCUT2D eigenvalue weighted by Gasteiger charge is -2.37. The zero-order valence-corrected chi connectivity index (χ0v) is 34.7. The van der Waals surface area contributed by atoms with Crippen LogP contribution in [0.4, 0.5) is 10.6 Å². The highest BCUT2D eigenvalue weighted by Gasteiger charge is 2.38. The van der Waals surface area contributed by atoms with Gasteiger partial charge in [0.05, 0.1) is 10.0 Å². The van der Waals surface area contributed by atoms with Crippen LogP contribution in [0.15, 0.2) is 116 Å². The van der Waals surface area contributed by atoms with Crippen molar-refractivity contribution in [2.75, 3.05) is 11.9 Å². The highest BCUT2D eigenvalue weighted by atomic mass is 35.5. The van der Waals surface area contributed by atoms with E-state index < -0.39 is 36.1 Å². The van der Waals surface area contributed by atoms with Gasteiger partial charge < -0.3 is 29.5 Å². The first-order valence-electron chi connectivity index (χ1n) is 19.6. The maximum absolute atomic E-state index is 14.1. The number of aliphatic carboxylic acids is 1. The van der Waals surface area contributed by atoms with Gasteiger partial charge in [-0.1, -0.05) is 71.7 Å². The Hall–Kier alpha value is -6.63. The van der Waals surface area contributed by atoms with Crippen LogP contribution in [0.3, 0.4) is 0 Å². The van der Waals surface area contributed by atoms with Gasteiger partial charge >= 0.3 is 12.0 Å². The molecule has 3 amide bonds. The van der Waals surface area contributed by atoms with E-state index in [1.807, 2.05) is 86.6 Å². The normalized spacial score (nSPS) is 15.9. The number of pyridine rings is 2. The number of nitrogens with one attached hydrogen (secondary N) is 2. The number of hydrogen-bond donors (Lipinski definition) is 3. The number of benzene rings is 4. The molecule has 8 rings (SSSR count). The van der Waals surface area contributed by atoms with Crippen LogP contribution in [-0.2, 0) is 35.6 Å². The molecule has 4 heterocycles. The molecule has 2 aliphatic rings. The molecule has 0 bridgehead atoms. The molecule has 310 valence electrons. The summed E-state index contributed by atoms with van der Waals surface area (Å²) in [5, 5.41) is 16.7. The minimum Gasteiger partial charge on any atom is -0.489 e. The number of rotatable bonds is 11. The standard InChI is InChI=1S/C47H41Cl2N5O7/c1-27-28(2)50-18-16-36(27)31-9-6-29(7-10-31)20-39(46(56)57)52-45(55)40-21-33-22-41-42(23-34(33)24-54(40)47(58)53-44-5-3-4-17-51-44)61-43(26-60-41)32-11-13-35(14-12-32)59-25-30-8-15-37(48)38(49)19-30/h3-19,22-23,39-40,43H,20-21,24-26H2,1-2H3,(H,52,55)(H,56,57)(H,51,53,58)/t39-,40-,43+/m0/s1. The maximum atomic E-state index is 14.1. The fraction of sp³-hybridized carbons (Fsp3) is 0.213. The Morgan fingerprint density at radius 2 is 1.64 bits per heavy atom. The third-order valence-corrected chi connectivity index (χ3v) is 11.7. The fourth-order valence-corrected chi connectivity index (χ4v) is 7.75. The van der Waals surface area contributed by atoms with E-state index in [2.05, 4.69) is 20.6 Å². The van der Waals surface area contributed by atoms with Crippen molar-refractivity contribution in [3.63, 3.8) is 0 Å². The number of nitrogens with zero attached hydrogens (tertiary/aromatic N) is 3. The Kier molecular flexibility index (Phi) is 12.1. The second-order valence-electron chi connectivity index (χ2n) is 15.0. The first kappa shape index (κ1) is 41.1. The van der Waals surface area contributed by atoms with Crippen LogP contribution in [-0.4, -0.2) is 56.6 Å². The number of carboxylic acids is 1. The summed E-state index contributed by atoms with van der Waals surface area (Å²) >= 11 is 12.2. The molecule has 3 N–H and O–H groups in total. The van der Waals surface area contributed by atoms with Crippen LogP contribution >= 0.6 is 23.2 Å². The van der Waals surface area contributed by atoms with Crippen LogP contribution in [0.5, 0.6) is 17.2 Å². The summed E-state index contributed by atoms with van der Waals surface area (Å²) in [5.74, 6) is 0.169. The zero-order valence-electron chi connectivity index (χ0n) is 33.2. The molecular formula is C47H41Cl2N5O7. The van der Waals surface area contributed by atoms with Crippen LogP contribution < -0.4 is 24.8 Å². The molecule has 61 heavy (non-hydrogen) atoms. The number of carboxylic acid groups (broad SMARTS) is 1. The van der Waals surface area contributed by atoms with Gasteiger partial charge in [-0.25, -0.2) is 14.6 Å². The van der Waals surface area contributed by atoms with Gasteiger partial charge in [-0.05, 0) is 113 Å². The minimum absolute atomic E-state index is 0.0331. The van der Waals surface area contributed by atoms with E-state index in [-0.39, 0.29) is 26.0 Å². The van der Waals surface area contributed by atoms with E-state index in [9.17, 15) is 19.5 Å². The summed E-state index contributed by atoms with van der Waals surface area (Å²) in [6.45, 7) is 4.55. The van der Waals surface area contributed by atoms with E-state index in [1.165, 1.54) is 4.90 Å². The first-order chi connectivity index (χ1) is 29.5. The molecule has 6 aromatic rings. The topological polar surface area (TPSA) is 152 Å². The van der Waals surface area contributed by atoms with Crippen molar-refractivity contribution in [1.82, 2.24) is 20.2 Å². The lowest BCUT2D eigenvalue weighted by atomic mass is 9.92. The second kappa shape index (κ2) is 17.9. The average molecular weight is 859 g/mol. The quantitative estimate of drug-likeness (QED) is 0.116. The lowest BCUT2D eigenvalue weighted by Crippen LogP contribution is -2.56. The van der Waals surface area contributed by atoms with Crippen molar-refractivity contribution in [3.8, 4) is 28.4 Å². The SMILES string of the molecule is Cc1nccc(-c2ccc(C[C@H](NC(=O)[C@@H]3Cc4cc5c(cc4CN3C(=O)Nc3ccccn3)O[C@@H](c3ccc(OCc4ccc(Cl)c(Cl)c4)cc3)CO5)C(=O)O)cc2)c1C. The minimum atomic E-state index is -1.26. The molecule has 0 fully saturated rings. The van der Waals surface area contributed by atoms with E-state index in [0.29, 0.717) is 39.7 Å². The number of carbonyl (C=O) groups is 3. The van der Waals surface area contributed by atoms with Crippen molar-refractivity contribution < 1.29 is 33.7 Å². The van der Waals surface area contributed by atoms with Crippen LogP contribution in [0.1, 0.15) is 45.2 Å². The van der Waals surface area contributed by atoms with Crippen molar-refractivity contribution >= 4 is 46.9 Å². The van der Waals surface area contributed by atoms with Crippen molar-refractivity contribution in [1.29, 1.82) is 0 Å². The molecule has 12 nitrogen and oxygen atoms in total. The number of aromatic nitrogens is 2. The fourth-order valence-electron chi connectivity index (χ4n) is 7.43. The van der Waals surface area contributed by atoms with E-state index >= 15 is 0 Å². The summed E-state index contributed by atoms with van der Waals surface area (Å²) < 4.78 is 18.6. The molecule has 0 saturated heterocycles. The predicted molar refractivity (Wildman–Crippen MR) is 231 cm³/mol. The number of urea groups is 1. The van der Waals surface area contributed by atoms with Gasteiger partial charge in [-0.15, -0.1) is 0 Å². The Balaban J connectivity index is 0.978. The van der Waals surface area contributed by atoms with Crippen molar-refractivity contribution in [2.45, 2.75) is 58.0 Å². The Labute approximate surface area is 362 Å². The van der Waals surface area contributed by atoms with E-state index in [4.69, 9.17) is 37.4 Å². The number of anilines is 1. The smallest absolute Gasteiger partial charge is 0.326 e. The second-order valence-corrected chi connectivity index (χ2v) is 15.8. The Morgan fingerprint density at radius 1 is 0.869 bits per heavy atom. The summed E-state index contributed by atoms with van der Waals surface area (Å²) in [5.41, 5.74) is 8.02. The van der Waals surface area contributed by atoms with Gasteiger partial charge in [0, 0.05) is 37.5 Å². The van der Waals surface area contributed by atoms with Gasteiger partial charge in [0.1, 0.15) is 36.9 Å². The molecule has 14 heteroatoms. The molecule has 0 aliphatic carbocycles. The Bertz CT molecular complexity index is 2590. The zero-order chi connectivity index (χ0) is 42.6. The van der Waals surface area contributed by atoms with E-state index in [0.717, 1.165) is 50.2 Å². The van der Waals surface area contributed by atoms with Gasteiger partial charge in [0.25, 0.3) is 0 Å². The Morgan fingerprint density at radius 3 is 2.38 bits per heavy atom. The molecule has 0 unspecified atom stereocenters. The largest absolute Gasteiger partial charge is 0.489 e. The molecular weight excluding hydrogens is 817 g/mol. The summed E-state index contributed by atoms with van der Waals surface area (Å²) in [6.07, 6.45) is 3.03. The van der Waals surface area contributed by atoms with Crippen molar-refractivity contribution in [2.24, 2.45) is 0 Å². The number of hydrogen-bond acceptors (Lipinski definition) is 8. The third-order valence-electron chi connectivity index (χ3n) is 10.9. The summed E-state index contributed by atoms with van der Waals surface area (Å²) in [6, 6.07) is 28.3. The maximum Gasteiger partial charge on any atom is 0.326 e. The van der Waals surface area contributed by atoms with Crippen LogP contribution in [0.25, 0.3) is 11.1 Å². The van der Waals surface area contributed by atoms with Gasteiger partial charge in [-0.2, -0.15) is 0 Å². The summed E-state index contributed by atoms with van der Waals surface area (Å²) in [4.78, 5) is 50.6. The predicted octanol–water partition coefficient (Wildman–Crippen LogP) is 8.93. The van der Waals surface area contributed by atoms with Crippen LogP contribution in [0, 0.1) is 13.8 Å². The molecule has 0 spiro atoms. The van der Waals surface area contributed by atoms with Gasteiger partial charge in [0.2, 0.25) is 5.91 Å². The molecule has 4 aromatic carbocycles. The number of carbonyl (C=O) groups excluding carboxylic acids is 2.